The van der Waals surface area contributed by atoms with Gasteiger partial charge in [-0.15, -0.1) is 0 Å². The van der Waals surface area contributed by atoms with Gasteiger partial charge in [0.15, 0.2) is 0 Å². The molecule has 6 heteroatoms. The fourth-order valence-corrected chi connectivity index (χ4v) is 1.74. The lowest BCUT2D eigenvalue weighted by Crippen LogP contribution is -2.17. The van der Waals surface area contributed by atoms with E-state index in [9.17, 15) is 4.79 Å². The maximum Gasteiger partial charge on any atom is 0.271 e. The average Bonchev–Trinajstić information content (AvgIpc) is 2.43. The van der Waals surface area contributed by atoms with Crippen molar-refractivity contribution in [1.29, 1.82) is 0 Å². The smallest absolute Gasteiger partial charge is 0.271 e. The topological polar surface area (TPSA) is 61.7 Å². The summed E-state index contributed by atoms with van der Waals surface area (Å²) in [6.45, 7) is 0. The summed E-state index contributed by atoms with van der Waals surface area (Å²) < 4.78 is 0. The van der Waals surface area contributed by atoms with Crippen LogP contribution in [-0.2, 0) is 0 Å². The number of hydrogen-bond donors (Lipinski definition) is 2. The van der Waals surface area contributed by atoms with Gasteiger partial charge in [0.1, 0.15) is 5.75 Å². The first-order valence-corrected chi connectivity index (χ1v) is 6.39. The second kappa shape index (κ2) is 6.41. The molecule has 0 aromatic heterocycles. The highest BCUT2D eigenvalue weighted by Crippen LogP contribution is 2.21. The Hall–Kier alpha value is -2.04. The third-order valence-electron chi connectivity index (χ3n) is 2.45. The van der Waals surface area contributed by atoms with E-state index in [1.807, 2.05) is 0 Å². The van der Waals surface area contributed by atoms with Gasteiger partial charge in [-0.05, 0) is 42.0 Å². The summed E-state index contributed by atoms with van der Waals surface area (Å²) in [7, 11) is 0. The molecule has 2 aromatic carbocycles. The lowest BCUT2D eigenvalue weighted by molar-refractivity contribution is 0.0955. The molecule has 0 heterocycles. The van der Waals surface area contributed by atoms with Gasteiger partial charge in [0.25, 0.3) is 5.91 Å². The van der Waals surface area contributed by atoms with Crippen LogP contribution in [-0.4, -0.2) is 17.2 Å². The van der Waals surface area contributed by atoms with Crippen LogP contribution in [0.4, 0.5) is 0 Å². The number of phenols is 1. The average molecular weight is 309 g/mol. The first-order valence-electron chi connectivity index (χ1n) is 5.64. The second-order valence-corrected chi connectivity index (χ2v) is 4.73. The first kappa shape index (κ1) is 14.4. The molecule has 0 spiro atoms. The molecule has 0 aliphatic carbocycles. The van der Waals surface area contributed by atoms with Crippen LogP contribution < -0.4 is 5.43 Å². The van der Waals surface area contributed by atoms with Crippen molar-refractivity contribution >= 4 is 35.3 Å². The Labute approximate surface area is 125 Å². The molecule has 0 fully saturated rings. The van der Waals surface area contributed by atoms with Gasteiger partial charge in [0.2, 0.25) is 0 Å². The number of nitrogens with one attached hydrogen (secondary N) is 1. The van der Waals surface area contributed by atoms with Gasteiger partial charge in [-0.2, -0.15) is 5.10 Å². The summed E-state index contributed by atoms with van der Waals surface area (Å²) >= 11 is 11.7. The number of phenolic OH excluding ortho intramolecular Hbond substituents is 1. The van der Waals surface area contributed by atoms with Crippen LogP contribution >= 0.6 is 23.2 Å². The van der Waals surface area contributed by atoms with Crippen LogP contribution in [0.1, 0.15) is 15.9 Å². The molecule has 0 aliphatic heterocycles. The van der Waals surface area contributed by atoms with E-state index in [2.05, 4.69) is 10.5 Å². The summed E-state index contributed by atoms with van der Waals surface area (Å²) in [6, 6.07) is 10.9. The number of carbonyl (C=O) groups excluding carboxylic acids is 1. The zero-order valence-corrected chi connectivity index (χ0v) is 11.7. The SMILES string of the molecule is O=C(NN=Cc1ccc(Cl)c(Cl)c1)c1ccc(O)cc1. The normalized spacial score (nSPS) is 10.7. The van der Waals surface area contributed by atoms with E-state index in [-0.39, 0.29) is 11.7 Å². The highest BCUT2D eigenvalue weighted by Gasteiger charge is 2.03. The Morgan fingerprint density at radius 3 is 2.45 bits per heavy atom. The summed E-state index contributed by atoms with van der Waals surface area (Å²) in [5.41, 5.74) is 3.48. The molecule has 4 nitrogen and oxygen atoms in total. The van der Waals surface area contributed by atoms with Crippen molar-refractivity contribution in [3.8, 4) is 5.75 Å². The Balaban J connectivity index is 2.00. The van der Waals surface area contributed by atoms with Crippen LogP contribution in [0.2, 0.25) is 10.0 Å². The minimum absolute atomic E-state index is 0.0980. The lowest BCUT2D eigenvalue weighted by atomic mass is 10.2. The molecule has 2 N–H and O–H groups in total. The Kier molecular flexibility index (Phi) is 4.61. The number of benzene rings is 2. The quantitative estimate of drug-likeness (QED) is 0.674. The molecule has 20 heavy (non-hydrogen) atoms. The molecule has 102 valence electrons. The van der Waals surface area contributed by atoms with E-state index in [1.165, 1.54) is 30.5 Å². The molecule has 1 amide bonds. The number of aromatic hydroxyl groups is 1. The minimum Gasteiger partial charge on any atom is -0.508 e. The van der Waals surface area contributed by atoms with Gasteiger partial charge in [-0.3, -0.25) is 4.79 Å². The van der Waals surface area contributed by atoms with Gasteiger partial charge >= 0.3 is 0 Å². The Morgan fingerprint density at radius 2 is 1.80 bits per heavy atom. The fourth-order valence-electron chi connectivity index (χ4n) is 1.44. The molecule has 0 saturated carbocycles. The first-order chi connectivity index (χ1) is 9.56. The highest BCUT2D eigenvalue weighted by molar-refractivity contribution is 6.42. The van der Waals surface area contributed by atoms with Crippen molar-refractivity contribution in [3.05, 3.63) is 63.6 Å². The third kappa shape index (κ3) is 3.73. The van der Waals surface area contributed by atoms with Gasteiger partial charge in [-0.25, -0.2) is 5.43 Å². The molecular weight excluding hydrogens is 299 g/mol. The monoisotopic (exact) mass is 308 g/mol. The van der Waals surface area contributed by atoms with Crippen LogP contribution in [0.25, 0.3) is 0 Å². The number of hydrazone groups is 1. The number of rotatable bonds is 3. The summed E-state index contributed by atoms with van der Waals surface area (Å²) in [6.07, 6.45) is 1.46. The lowest BCUT2D eigenvalue weighted by Gasteiger charge is -2.00. The predicted molar refractivity (Wildman–Crippen MR) is 79.6 cm³/mol. The van der Waals surface area contributed by atoms with Crippen LogP contribution in [0.15, 0.2) is 47.6 Å². The van der Waals surface area contributed by atoms with Crippen molar-refractivity contribution in [1.82, 2.24) is 5.43 Å². The molecule has 2 aromatic rings. The van der Waals surface area contributed by atoms with Gasteiger partial charge < -0.3 is 5.11 Å². The molecule has 0 aliphatic rings. The van der Waals surface area contributed by atoms with Crippen molar-refractivity contribution in [2.24, 2.45) is 5.10 Å². The molecule has 0 saturated heterocycles. The van der Waals surface area contributed by atoms with Crippen molar-refractivity contribution in [2.45, 2.75) is 0 Å². The predicted octanol–water partition coefficient (Wildman–Crippen LogP) is 3.46. The highest BCUT2D eigenvalue weighted by atomic mass is 35.5. The van der Waals surface area contributed by atoms with E-state index >= 15 is 0 Å². The molecule has 0 radical (unpaired) electrons. The third-order valence-corrected chi connectivity index (χ3v) is 3.19. The van der Waals surface area contributed by atoms with Gasteiger partial charge in [-0.1, -0.05) is 29.3 Å². The number of amides is 1. The van der Waals surface area contributed by atoms with Gasteiger partial charge in [0, 0.05) is 5.56 Å². The Morgan fingerprint density at radius 1 is 1.10 bits per heavy atom. The largest absolute Gasteiger partial charge is 0.508 e. The fraction of sp³-hybridized carbons (Fsp3) is 0. The Bertz CT molecular complexity index is 655. The second-order valence-electron chi connectivity index (χ2n) is 3.92. The van der Waals surface area contributed by atoms with Gasteiger partial charge in [0.05, 0.1) is 16.3 Å². The van der Waals surface area contributed by atoms with Crippen molar-refractivity contribution in [2.75, 3.05) is 0 Å². The molecule has 2 rings (SSSR count). The van der Waals surface area contributed by atoms with E-state index in [0.29, 0.717) is 21.2 Å². The van der Waals surface area contributed by atoms with Crippen LogP contribution in [0.3, 0.4) is 0 Å². The zero-order chi connectivity index (χ0) is 14.5. The van der Waals surface area contributed by atoms with E-state index in [4.69, 9.17) is 28.3 Å². The van der Waals surface area contributed by atoms with Crippen LogP contribution in [0, 0.1) is 0 Å². The maximum absolute atomic E-state index is 11.7. The molecule has 0 atom stereocenters. The molecule has 0 unspecified atom stereocenters. The van der Waals surface area contributed by atoms with E-state index in [1.54, 1.807) is 18.2 Å². The number of nitrogens with zero attached hydrogens (tertiary/aromatic N) is 1. The van der Waals surface area contributed by atoms with E-state index < -0.39 is 0 Å². The number of halogens is 2. The maximum atomic E-state index is 11.7. The minimum atomic E-state index is -0.374. The number of hydrogen-bond acceptors (Lipinski definition) is 3. The molecular formula is C14H10Cl2N2O2. The number of carbonyl (C=O) groups is 1. The summed E-state index contributed by atoms with van der Waals surface area (Å²) in [4.78, 5) is 11.7. The van der Waals surface area contributed by atoms with Crippen molar-refractivity contribution in [3.63, 3.8) is 0 Å². The zero-order valence-electron chi connectivity index (χ0n) is 10.2. The molecule has 0 bridgehead atoms. The summed E-state index contributed by atoms with van der Waals surface area (Å²) in [5, 5.41) is 13.8. The van der Waals surface area contributed by atoms with Crippen LogP contribution in [0.5, 0.6) is 5.75 Å². The summed E-state index contributed by atoms with van der Waals surface area (Å²) in [5.74, 6) is -0.276. The van der Waals surface area contributed by atoms with E-state index in [0.717, 1.165) is 0 Å². The van der Waals surface area contributed by atoms with Crippen molar-refractivity contribution < 1.29 is 9.90 Å². The standard InChI is InChI=1S/C14H10Cl2N2O2/c15-12-6-1-9(7-13(12)16)8-17-18-14(20)10-2-4-11(19)5-3-10/h1-8,19H,(H,18,20).